The van der Waals surface area contributed by atoms with Gasteiger partial charge in [-0.05, 0) is 17.5 Å². The highest BCUT2D eigenvalue weighted by molar-refractivity contribution is 8.13. The highest BCUT2D eigenvalue weighted by Crippen LogP contribution is 2.28. The maximum atomic E-state index is 10.9. The van der Waals surface area contributed by atoms with Crippen LogP contribution in [0.2, 0.25) is 0 Å². The fraction of sp³-hybridized carbons (Fsp3) is 0.500. The van der Waals surface area contributed by atoms with Crippen LogP contribution in [0.15, 0.2) is 18.2 Å². The third-order valence-corrected chi connectivity index (χ3v) is 3.83. The van der Waals surface area contributed by atoms with Gasteiger partial charge in [-0.3, -0.25) is 4.79 Å². The van der Waals surface area contributed by atoms with Gasteiger partial charge in [-0.2, -0.15) is 0 Å². The van der Waals surface area contributed by atoms with Crippen molar-refractivity contribution in [3.05, 3.63) is 29.3 Å². The summed E-state index contributed by atoms with van der Waals surface area (Å²) < 4.78 is 0. The van der Waals surface area contributed by atoms with Crippen molar-refractivity contribution in [3.8, 4) is 0 Å². The second-order valence-corrected chi connectivity index (χ2v) is 6.05. The van der Waals surface area contributed by atoms with Gasteiger partial charge in [-0.15, -0.1) is 0 Å². The molecule has 0 aliphatic rings. The van der Waals surface area contributed by atoms with Crippen LogP contribution in [0, 0.1) is 0 Å². The fourth-order valence-corrected chi connectivity index (χ4v) is 2.30. The van der Waals surface area contributed by atoms with Crippen LogP contribution in [0.1, 0.15) is 43.9 Å². The van der Waals surface area contributed by atoms with Crippen molar-refractivity contribution in [3.63, 3.8) is 0 Å². The lowest BCUT2D eigenvalue weighted by Crippen LogP contribution is -2.22. The Morgan fingerprint density at radius 1 is 1.37 bits per heavy atom. The Morgan fingerprint density at radius 2 is 2.00 bits per heavy atom. The van der Waals surface area contributed by atoms with Gasteiger partial charge in [0.1, 0.15) is 6.10 Å². The van der Waals surface area contributed by atoms with E-state index in [2.05, 4.69) is 0 Å². The molecule has 0 aromatic heterocycles. The first-order valence-electron chi connectivity index (χ1n) is 6.21. The highest BCUT2D eigenvalue weighted by atomic mass is 32.2. The predicted octanol–water partition coefficient (Wildman–Crippen LogP) is 2.07. The van der Waals surface area contributed by atoms with Gasteiger partial charge in [0.2, 0.25) is 0 Å². The quantitative estimate of drug-likeness (QED) is 0.720. The number of hydrogen-bond acceptors (Lipinski definition) is 5. The summed E-state index contributed by atoms with van der Waals surface area (Å²) in [5.41, 5.74) is 7.85. The maximum absolute atomic E-state index is 10.9. The van der Waals surface area contributed by atoms with Gasteiger partial charge < -0.3 is 15.9 Å². The van der Waals surface area contributed by atoms with Gasteiger partial charge in [0.15, 0.2) is 5.12 Å². The molecular weight excluding hydrogens is 262 g/mol. The third kappa shape index (κ3) is 4.53. The van der Waals surface area contributed by atoms with E-state index in [-0.39, 0.29) is 10.9 Å². The van der Waals surface area contributed by atoms with Crippen LogP contribution < -0.4 is 5.73 Å². The van der Waals surface area contributed by atoms with Crippen molar-refractivity contribution in [2.24, 2.45) is 0 Å². The molecule has 106 valence electrons. The molecule has 0 heterocycles. The molecule has 0 bridgehead atoms. The number of rotatable bonds is 5. The van der Waals surface area contributed by atoms with Gasteiger partial charge in [-0.25, -0.2) is 0 Å². The van der Waals surface area contributed by atoms with Crippen LogP contribution in [-0.2, 0) is 4.79 Å². The van der Waals surface area contributed by atoms with Crippen molar-refractivity contribution >= 4 is 22.6 Å². The highest BCUT2D eigenvalue weighted by Gasteiger charge is 2.21. The molecule has 1 rings (SSSR count). The number of nitrogen functional groups attached to an aromatic ring is 1. The summed E-state index contributed by atoms with van der Waals surface area (Å²) in [5, 5.41) is 19.9. The summed E-state index contributed by atoms with van der Waals surface area (Å²) in [7, 11) is 0. The number of carbonyl (C=O) groups excluding carboxylic acids is 1. The minimum atomic E-state index is -1.08. The first-order chi connectivity index (χ1) is 8.82. The predicted molar refractivity (Wildman–Crippen MR) is 79.0 cm³/mol. The second kappa shape index (κ2) is 6.93. The number of thioether (sulfide) groups is 1. The molecule has 0 saturated heterocycles. The van der Waals surface area contributed by atoms with Crippen LogP contribution >= 0.6 is 11.8 Å². The van der Waals surface area contributed by atoms with E-state index >= 15 is 0 Å². The van der Waals surface area contributed by atoms with E-state index in [9.17, 15) is 15.0 Å². The average Bonchev–Trinajstić information content (AvgIpc) is 2.35. The molecule has 0 aliphatic carbocycles. The Bertz CT molecular complexity index is 448. The van der Waals surface area contributed by atoms with E-state index in [1.807, 2.05) is 26.0 Å². The number of carbonyl (C=O) groups is 1. The lowest BCUT2D eigenvalue weighted by atomic mass is 9.96. The second-order valence-electron chi connectivity index (χ2n) is 4.86. The first-order valence-corrected chi connectivity index (χ1v) is 7.20. The molecule has 5 heteroatoms. The van der Waals surface area contributed by atoms with Gasteiger partial charge in [0.05, 0.1) is 6.10 Å². The van der Waals surface area contributed by atoms with Crippen molar-refractivity contribution < 1.29 is 15.0 Å². The molecule has 2 unspecified atom stereocenters. The zero-order valence-corrected chi connectivity index (χ0v) is 12.3. The molecule has 4 nitrogen and oxygen atoms in total. The summed E-state index contributed by atoms with van der Waals surface area (Å²) in [5.74, 6) is 0.470. The minimum Gasteiger partial charge on any atom is -0.398 e. The van der Waals surface area contributed by atoms with E-state index in [0.29, 0.717) is 17.2 Å². The van der Waals surface area contributed by atoms with E-state index < -0.39 is 12.2 Å². The third-order valence-electron chi connectivity index (χ3n) is 2.92. The summed E-state index contributed by atoms with van der Waals surface area (Å²) >= 11 is 0.989. The molecule has 0 spiro atoms. The van der Waals surface area contributed by atoms with Gasteiger partial charge >= 0.3 is 0 Å². The maximum Gasteiger partial charge on any atom is 0.185 e. The lowest BCUT2D eigenvalue weighted by molar-refractivity contribution is -0.109. The van der Waals surface area contributed by atoms with E-state index in [4.69, 9.17) is 5.73 Å². The van der Waals surface area contributed by atoms with E-state index in [1.54, 1.807) is 6.07 Å². The van der Waals surface area contributed by atoms with Crippen LogP contribution in [0.5, 0.6) is 0 Å². The normalized spacial score (nSPS) is 14.4. The van der Waals surface area contributed by atoms with Crippen LogP contribution in [0.4, 0.5) is 5.69 Å². The van der Waals surface area contributed by atoms with Crippen LogP contribution in [-0.4, -0.2) is 27.2 Å². The summed E-state index contributed by atoms with van der Waals surface area (Å²) in [6.45, 7) is 5.52. The average molecular weight is 283 g/mol. The molecule has 19 heavy (non-hydrogen) atoms. The number of aliphatic hydroxyl groups is 2. The summed E-state index contributed by atoms with van der Waals surface area (Å²) in [4.78, 5) is 10.9. The van der Waals surface area contributed by atoms with Gasteiger partial charge in [0.25, 0.3) is 0 Å². The summed E-state index contributed by atoms with van der Waals surface area (Å²) in [6, 6.07) is 5.46. The smallest absolute Gasteiger partial charge is 0.185 e. The molecule has 0 radical (unpaired) electrons. The monoisotopic (exact) mass is 283 g/mol. The number of anilines is 1. The molecule has 0 amide bonds. The molecule has 4 N–H and O–H groups in total. The Morgan fingerprint density at radius 3 is 2.53 bits per heavy atom. The van der Waals surface area contributed by atoms with Crippen LogP contribution in [0.3, 0.4) is 0 Å². The molecule has 1 aromatic rings. The largest absolute Gasteiger partial charge is 0.398 e. The van der Waals surface area contributed by atoms with Crippen molar-refractivity contribution in [2.75, 3.05) is 11.5 Å². The number of benzene rings is 1. The molecule has 0 saturated carbocycles. The van der Waals surface area contributed by atoms with Gasteiger partial charge in [0, 0.05) is 23.9 Å². The Kier molecular flexibility index (Phi) is 5.85. The minimum absolute atomic E-state index is 0.0878. The lowest BCUT2D eigenvalue weighted by Gasteiger charge is -2.20. The number of nitrogens with two attached hydrogens (primary N) is 1. The Balaban J connectivity index is 2.88. The molecule has 1 aromatic carbocycles. The topological polar surface area (TPSA) is 83.5 Å². The Labute approximate surface area is 118 Å². The standard InChI is InChI=1S/C14H21NO3S/c1-8(2)10-4-5-12(15)11(6-10)14(18)13(17)7-19-9(3)16/h4-6,8,13-14,17-18H,7,15H2,1-3H3. The number of aliphatic hydroxyl groups excluding tert-OH is 2. The molecule has 2 atom stereocenters. The van der Waals surface area contributed by atoms with Crippen molar-refractivity contribution in [2.45, 2.75) is 38.9 Å². The summed E-state index contributed by atoms with van der Waals surface area (Å²) in [6.07, 6.45) is -2.09. The van der Waals surface area contributed by atoms with E-state index in [1.165, 1.54) is 6.92 Å². The Hall–Kier alpha value is -1.04. The van der Waals surface area contributed by atoms with Crippen molar-refractivity contribution in [1.82, 2.24) is 0 Å². The van der Waals surface area contributed by atoms with E-state index in [0.717, 1.165) is 17.3 Å². The number of hydrogen-bond donors (Lipinski definition) is 3. The SMILES string of the molecule is CC(=O)SCC(O)C(O)c1cc(C(C)C)ccc1N. The van der Waals surface area contributed by atoms with Crippen molar-refractivity contribution in [1.29, 1.82) is 0 Å². The van der Waals surface area contributed by atoms with Crippen LogP contribution in [0.25, 0.3) is 0 Å². The van der Waals surface area contributed by atoms with Gasteiger partial charge in [-0.1, -0.05) is 37.7 Å². The first kappa shape index (κ1) is 16.0. The molecule has 0 aliphatic heterocycles. The molecular formula is C14H21NO3S. The fourth-order valence-electron chi connectivity index (χ4n) is 1.71. The molecule has 0 fully saturated rings. The zero-order valence-electron chi connectivity index (χ0n) is 11.5. The zero-order chi connectivity index (χ0) is 14.6.